The Hall–Kier alpha value is -2.69. The number of aliphatic imine (C=N–C) groups is 1. The van der Waals surface area contributed by atoms with Crippen molar-refractivity contribution in [2.24, 2.45) is 4.99 Å². The van der Waals surface area contributed by atoms with Crippen molar-refractivity contribution in [1.82, 2.24) is 0 Å². The van der Waals surface area contributed by atoms with Gasteiger partial charge in [0.05, 0.1) is 11.4 Å². The van der Waals surface area contributed by atoms with Gasteiger partial charge in [-0.1, -0.05) is 78.9 Å². The Labute approximate surface area is 135 Å². The van der Waals surface area contributed by atoms with Crippen LogP contribution in [0.1, 0.15) is 11.1 Å². The van der Waals surface area contributed by atoms with Crippen LogP contribution in [0.15, 0.2) is 89.9 Å². The summed E-state index contributed by atoms with van der Waals surface area (Å²) in [5, 5.41) is 19.1. The number of nitrogens with zero attached hydrogens (tertiary/aromatic N) is 1. The summed E-state index contributed by atoms with van der Waals surface area (Å²) >= 11 is 0. The van der Waals surface area contributed by atoms with Gasteiger partial charge in [-0.05, 0) is 6.07 Å². The summed E-state index contributed by atoms with van der Waals surface area (Å²) in [7, 11) is -1.55. The molecule has 0 heterocycles. The van der Waals surface area contributed by atoms with Gasteiger partial charge in [-0.3, -0.25) is 0 Å². The fourth-order valence-corrected chi connectivity index (χ4v) is 2.42. The predicted molar refractivity (Wildman–Crippen MR) is 94.5 cm³/mol. The second-order valence-corrected chi connectivity index (χ2v) is 5.12. The minimum absolute atomic E-state index is 0.386. The SMILES string of the molecule is OB(O)c1ccccc1N=C(c1ccccc1)c1ccccc1. The van der Waals surface area contributed by atoms with Crippen molar-refractivity contribution in [3.63, 3.8) is 0 Å². The van der Waals surface area contributed by atoms with Crippen LogP contribution in [0.3, 0.4) is 0 Å². The summed E-state index contributed by atoms with van der Waals surface area (Å²) in [6, 6.07) is 26.7. The van der Waals surface area contributed by atoms with E-state index in [2.05, 4.69) is 0 Å². The van der Waals surface area contributed by atoms with E-state index in [4.69, 9.17) is 4.99 Å². The Morgan fingerprint density at radius 1 is 0.652 bits per heavy atom. The Morgan fingerprint density at radius 3 is 1.65 bits per heavy atom. The maximum absolute atomic E-state index is 9.54. The van der Waals surface area contributed by atoms with Gasteiger partial charge in [-0.2, -0.15) is 0 Å². The normalized spacial score (nSPS) is 10.2. The van der Waals surface area contributed by atoms with Gasteiger partial charge in [0.1, 0.15) is 0 Å². The first-order valence-corrected chi connectivity index (χ1v) is 7.40. The van der Waals surface area contributed by atoms with Gasteiger partial charge in [0.25, 0.3) is 0 Å². The molecule has 112 valence electrons. The second kappa shape index (κ2) is 7.05. The Kier molecular flexibility index (Phi) is 4.67. The zero-order valence-corrected chi connectivity index (χ0v) is 12.5. The summed E-state index contributed by atoms with van der Waals surface area (Å²) in [4.78, 5) is 4.72. The molecular weight excluding hydrogens is 285 g/mol. The van der Waals surface area contributed by atoms with E-state index >= 15 is 0 Å². The zero-order valence-electron chi connectivity index (χ0n) is 12.5. The molecule has 0 spiro atoms. The molecule has 0 saturated heterocycles. The molecule has 0 fully saturated rings. The lowest BCUT2D eigenvalue weighted by molar-refractivity contribution is 0.426. The largest absolute Gasteiger partial charge is 0.490 e. The third kappa shape index (κ3) is 3.56. The van der Waals surface area contributed by atoms with E-state index in [0.717, 1.165) is 16.8 Å². The fourth-order valence-electron chi connectivity index (χ4n) is 2.42. The molecule has 3 rings (SSSR count). The summed E-state index contributed by atoms with van der Waals surface area (Å²) in [5.41, 5.74) is 3.67. The highest BCUT2D eigenvalue weighted by molar-refractivity contribution is 6.60. The van der Waals surface area contributed by atoms with Gasteiger partial charge in [0, 0.05) is 16.6 Å². The molecule has 0 unspecified atom stereocenters. The highest BCUT2D eigenvalue weighted by Gasteiger charge is 2.16. The molecule has 4 heteroatoms. The van der Waals surface area contributed by atoms with Crippen LogP contribution in [0, 0.1) is 0 Å². The van der Waals surface area contributed by atoms with Crippen molar-refractivity contribution in [2.75, 3.05) is 0 Å². The standard InChI is InChI=1S/C19H16BNO2/c22-20(23)17-13-7-8-14-18(17)21-19(15-9-3-1-4-10-15)16-11-5-2-6-12-16/h1-14,22-23H. The molecule has 2 N–H and O–H groups in total. The van der Waals surface area contributed by atoms with E-state index in [9.17, 15) is 10.0 Å². The molecule has 0 aromatic heterocycles. The van der Waals surface area contributed by atoms with Crippen molar-refractivity contribution in [3.05, 3.63) is 96.1 Å². The smallest absolute Gasteiger partial charge is 0.423 e. The van der Waals surface area contributed by atoms with Crippen molar-refractivity contribution >= 4 is 24.0 Å². The molecule has 0 radical (unpaired) electrons. The van der Waals surface area contributed by atoms with Gasteiger partial charge < -0.3 is 10.0 Å². The average molecular weight is 301 g/mol. The highest BCUT2D eigenvalue weighted by atomic mass is 16.4. The van der Waals surface area contributed by atoms with E-state index in [1.54, 1.807) is 18.2 Å². The van der Waals surface area contributed by atoms with Crippen LogP contribution < -0.4 is 5.46 Å². The first kappa shape index (κ1) is 15.2. The number of benzene rings is 3. The van der Waals surface area contributed by atoms with Gasteiger partial charge in [-0.25, -0.2) is 4.99 Å². The monoisotopic (exact) mass is 301 g/mol. The molecule has 3 aromatic carbocycles. The molecule has 0 atom stereocenters. The van der Waals surface area contributed by atoms with Crippen molar-refractivity contribution in [3.8, 4) is 0 Å². The Balaban J connectivity index is 2.17. The molecule has 0 saturated carbocycles. The summed E-state index contributed by atoms with van der Waals surface area (Å²) in [6.45, 7) is 0. The van der Waals surface area contributed by atoms with E-state index in [1.807, 2.05) is 66.7 Å². The lowest BCUT2D eigenvalue weighted by atomic mass is 9.79. The van der Waals surface area contributed by atoms with Gasteiger partial charge in [-0.15, -0.1) is 0 Å². The van der Waals surface area contributed by atoms with Crippen LogP contribution in [-0.2, 0) is 0 Å². The topological polar surface area (TPSA) is 52.8 Å². The lowest BCUT2D eigenvalue weighted by Crippen LogP contribution is -2.30. The molecule has 0 bridgehead atoms. The van der Waals surface area contributed by atoms with Gasteiger partial charge in [0.15, 0.2) is 0 Å². The second-order valence-electron chi connectivity index (χ2n) is 5.12. The fraction of sp³-hybridized carbons (Fsp3) is 0. The number of rotatable bonds is 4. The van der Waals surface area contributed by atoms with Crippen LogP contribution in [-0.4, -0.2) is 22.9 Å². The predicted octanol–water partition coefficient (Wildman–Crippen LogP) is 2.54. The maximum Gasteiger partial charge on any atom is 0.490 e. The zero-order chi connectivity index (χ0) is 16.1. The molecule has 0 aliphatic carbocycles. The van der Waals surface area contributed by atoms with Crippen molar-refractivity contribution in [2.45, 2.75) is 0 Å². The summed E-state index contributed by atoms with van der Waals surface area (Å²) < 4.78 is 0. The summed E-state index contributed by atoms with van der Waals surface area (Å²) in [5.74, 6) is 0. The van der Waals surface area contributed by atoms with Gasteiger partial charge in [0.2, 0.25) is 0 Å². The highest BCUT2D eigenvalue weighted by Crippen LogP contribution is 2.17. The number of hydrogen-bond acceptors (Lipinski definition) is 3. The van der Waals surface area contributed by atoms with Crippen LogP contribution in [0.4, 0.5) is 5.69 Å². The van der Waals surface area contributed by atoms with Crippen molar-refractivity contribution in [1.29, 1.82) is 0 Å². The van der Waals surface area contributed by atoms with E-state index in [1.165, 1.54) is 0 Å². The lowest BCUT2D eigenvalue weighted by Gasteiger charge is -2.10. The number of hydrogen-bond donors (Lipinski definition) is 2. The Bertz CT molecular complexity index is 760. The molecule has 3 nitrogen and oxygen atoms in total. The van der Waals surface area contributed by atoms with Gasteiger partial charge >= 0.3 is 7.12 Å². The summed E-state index contributed by atoms with van der Waals surface area (Å²) in [6.07, 6.45) is 0. The molecule has 3 aromatic rings. The maximum atomic E-state index is 9.54. The first-order chi connectivity index (χ1) is 11.3. The van der Waals surface area contributed by atoms with Crippen LogP contribution >= 0.6 is 0 Å². The third-order valence-corrected chi connectivity index (χ3v) is 3.54. The number of para-hydroxylation sites is 1. The minimum atomic E-state index is -1.55. The average Bonchev–Trinajstić information content (AvgIpc) is 2.61. The minimum Gasteiger partial charge on any atom is -0.423 e. The molecule has 23 heavy (non-hydrogen) atoms. The molecule has 0 amide bonds. The van der Waals surface area contributed by atoms with Crippen LogP contribution in [0.5, 0.6) is 0 Å². The molecule has 0 aliphatic heterocycles. The van der Waals surface area contributed by atoms with Crippen LogP contribution in [0.2, 0.25) is 0 Å². The van der Waals surface area contributed by atoms with Crippen LogP contribution in [0.25, 0.3) is 0 Å². The Morgan fingerprint density at radius 2 is 1.13 bits per heavy atom. The molecular formula is C19H16BNO2. The molecule has 0 aliphatic rings. The van der Waals surface area contributed by atoms with E-state index in [0.29, 0.717) is 11.2 Å². The van der Waals surface area contributed by atoms with E-state index < -0.39 is 7.12 Å². The van der Waals surface area contributed by atoms with E-state index in [-0.39, 0.29) is 0 Å². The third-order valence-electron chi connectivity index (χ3n) is 3.54. The van der Waals surface area contributed by atoms with Crippen molar-refractivity contribution < 1.29 is 10.0 Å². The first-order valence-electron chi connectivity index (χ1n) is 7.40. The quantitative estimate of drug-likeness (QED) is 0.575.